The van der Waals surface area contributed by atoms with E-state index in [2.05, 4.69) is 46.3 Å². The minimum Gasteiger partial charge on any atom is -0.374 e. The van der Waals surface area contributed by atoms with Crippen LogP contribution in [0.3, 0.4) is 0 Å². The maximum absolute atomic E-state index is 11.9. The molecule has 0 radical (unpaired) electrons. The lowest BCUT2D eigenvalue weighted by Gasteiger charge is -2.37. The Labute approximate surface area is 181 Å². The highest BCUT2D eigenvalue weighted by Crippen LogP contribution is 2.40. The van der Waals surface area contributed by atoms with Gasteiger partial charge in [-0.2, -0.15) is 0 Å². The number of hydrogen-bond donors (Lipinski definition) is 1. The van der Waals surface area contributed by atoms with Gasteiger partial charge in [-0.15, -0.1) is 0 Å². The van der Waals surface area contributed by atoms with Crippen LogP contribution >= 0.6 is 11.8 Å². The van der Waals surface area contributed by atoms with Crippen molar-refractivity contribution in [1.82, 2.24) is 9.88 Å². The highest BCUT2D eigenvalue weighted by atomic mass is 32.2. The van der Waals surface area contributed by atoms with Crippen molar-refractivity contribution >= 4 is 17.7 Å². The van der Waals surface area contributed by atoms with Crippen LogP contribution in [0.5, 0.6) is 0 Å². The zero-order chi connectivity index (χ0) is 20.8. The first-order valence-electron chi connectivity index (χ1n) is 10.0. The lowest BCUT2D eigenvalue weighted by molar-refractivity contribution is -0.0320. The third-order valence-corrected chi connectivity index (χ3v) is 6.55. The molecule has 0 aliphatic carbocycles. The van der Waals surface area contributed by atoms with Crippen molar-refractivity contribution in [3.63, 3.8) is 0 Å². The van der Waals surface area contributed by atoms with E-state index in [1.807, 2.05) is 24.3 Å². The van der Waals surface area contributed by atoms with Gasteiger partial charge >= 0.3 is 0 Å². The molecule has 5 nitrogen and oxygen atoms in total. The summed E-state index contributed by atoms with van der Waals surface area (Å²) in [5.41, 5.74) is 8.47. The molecule has 1 aliphatic rings. The first-order valence-corrected chi connectivity index (χ1v) is 10.9. The fourth-order valence-electron chi connectivity index (χ4n) is 3.69. The number of carbonyl (C=O) groups is 1. The molecular formula is C24H25N3O2S. The van der Waals surface area contributed by atoms with Gasteiger partial charge in [0.05, 0.1) is 23.5 Å². The number of thioether (sulfide) groups is 1. The van der Waals surface area contributed by atoms with Gasteiger partial charge in [0.15, 0.2) is 0 Å². The quantitative estimate of drug-likeness (QED) is 0.588. The van der Waals surface area contributed by atoms with E-state index in [1.165, 1.54) is 5.56 Å². The number of hydrogen-bond acceptors (Lipinski definition) is 5. The molecule has 1 saturated heterocycles. The first kappa shape index (κ1) is 20.6. The van der Waals surface area contributed by atoms with Gasteiger partial charge in [-0.1, -0.05) is 72.4 Å². The molecule has 0 unspecified atom stereocenters. The van der Waals surface area contributed by atoms with Crippen molar-refractivity contribution in [2.75, 3.05) is 19.7 Å². The van der Waals surface area contributed by atoms with Crippen molar-refractivity contribution in [2.45, 2.75) is 22.9 Å². The molecule has 0 bridgehead atoms. The maximum atomic E-state index is 11.9. The molecule has 1 aromatic heterocycles. The Morgan fingerprint density at radius 2 is 1.83 bits per heavy atom. The smallest absolute Gasteiger partial charge is 0.251 e. The van der Waals surface area contributed by atoms with E-state index in [0.29, 0.717) is 17.2 Å². The minimum atomic E-state index is -0.465. The molecule has 30 heavy (non-hydrogen) atoms. The summed E-state index contributed by atoms with van der Waals surface area (Å²) in [6, 6.07) is 24.2. The number of primary amides is 1. The average molecular weight is 420 g/mol. The fraction of sp³-hybridized carbons (Fsp3) is 0.250. The summed E-state index contributed by atoms with van der Waals surface area (Å²) in [7, 11) is 0. The number of nitrogens with zero attached hydrogens (tertiary/aromatic N) is 2. The van der Waals surface area contributed by atoms with E-state index in [-0.39, 0.29) is 11.4 Å². The van der Waals surface area contributed by atoms with Gasteiger partial charge in [0.2, 0.25) is 0 Å². The monoisotopic (exact) mass is 419 g/mol. The number of aromatic nitrogens is 1. The minimum absolute atomic E-state index is 0.00206. The zero-order valence-electron chi connectivity index (χ0n) is 16.7. The summed E-state index contributed by atoms with van der Waals surface area (Å²) in [6.45, 7) is 3.27. The van der Waals surface area contributed by atoms with Crippen molar-refractivity contribution in [3.05, 3.63) is 95.7 Å². The highest BCUT2D eigenvalue weighted by Gasteiger charge is 2.31. The number of pyridine rings is 1. The van der Waals surface area contributed by atoms with Crippen LogP contribution in [-0.2, 0) is 11.3 Å². The summed E-state index contributed by atoms with van der Waals surface area (Å²) in [5.74, 6) is -0.465. The van der Waals surface area contributed by atoms with Crippen LogP contribution < -0.4 is 5.73 Å². The number of carbonyl (C=O) groups excluding carboxylic acids is 1. The summed E-state index contributed by atoms with van der Waals surface area (Å²) in [5, 5.41) is 0.639. The van der Waals surface area contributed by atoms with Gasteiger partial charge in [-0.05, 0) is 23.3 Å². The Hall–Kier alpha value is -2.67. The zero-order valence-corrected chi connectivity index (χ0v) is 17.5. The summed E-state index contributed by atoms with van der Waals surface area (Å²) in [4.78, 5) is 18.8. The molecule has 1 amide bonds. The van der Waals surface area contributed by atoms with E-state index >= 15 is 0 Å². The van der Waals surface area contributed by atoms with E-state index < -0.39 is 5.91 Å². The van der Waals surface area contributed by atoms with Gasteiger partial charge in [0, 0.05) is 25.8 Å². The molecule has 2 N–H and O–H groups in total. The van der Waals surface area contributed by atoms with Crippen LogP contribution in [0, 0.1) is 0 Å². The van der Waals surface area contributed by atoms with E-state index in [0.717, 1.165) is 25.2 Å². The fourth-order valence-corrected chi connectivity index (χ4v) is 4.96. The van der Waals surface area contributed by atoms with Gasteiger partial charge < -0.3 is 10.5 Å². The average Bonchev–Trinajstić information content (AvgIpc) is 2.79. The number of ether oxygens (including phenoxy) is 1. The topological polar surface area (TPSA) is 68.5 Å². The van der Waals surface area contributed by atoms with Crippen LogP contribution in [0.15, 0.2) is 84.0 Å². The van der Waals surface area contributed by atoms with E-state index in [9.17, 15) is 4.79 Å². The Balaban J connectivity index is 1.58. The molecular weight excluding hydrogens is 394 g/mol. The predicted octanol–water partition coefficient (Wildman–Crippen LogP) is 3.91. The largest absolute Gasteiger partial charge is 0.374 e. The molecule has 2 atom stereocenters. The molecule has 2 aromatic carbocycles. The van der Waals surface area contributed by atoms with Crippen molar-refractivity contribution in [1.29, 1.82) is 0 Å². The molecule has 154 valence electrons. The second-order valence-corrected chi connectivity index (χ2v) is 8.43. The number of benzene rings is 2. The van der Waals surface area contributed by atoms with E-state index in [1.54, 1.807) is 30.1 Å². The van der Waals surface area contributed by atoms with Crippen LogP contribution in [0.1, 0.15) is 26.7 Å². The molecule has 1 aliphatic heterocycles. The standard InChI is InChI=1S/C24H25N3O2S/c25-23(28)20-12-7-13-26-24(20)30-22(19-10-5-2-6-11-19)21-17-27(14-15-29-21)16-18-8-3-1-4-9-18/h1-13,21-22H,14-17H2,(H2,25,28)/t21-,22-/m0/s1. The van der Waals surface area contributed by atoms with Crippen molar-refractivity contribution in [2.24, 2.45) is 5.73 Å². The second kappa shape index (κ2) is 9.89. The molecule has 0 spiro atoms. The number of morpholine rings is 1. The highest BCUT2D eigenvalue weighted by molar-refractivity contribution is 7.99. The van der Waals surface area contributed by atoms with Gasteiger partial charge in [0.1, 0.15) is 5.03 Å². The number of nitrogens with two attached hydrogens (primary N) is 1. The Morgan fingerprint density at radius 1 is 1.10 bits per heavy atom. The third kappa shape index (κ3) is 5.08. The maximum Gasteiger partial charge on any atom is 0.251 e. The van der Waals surface area contributed by atoms with Gasteiger partial charge in [-0.3, -0.25) is 9.69 Å². The Morgan fingerprint density at radius 3 is 2.57 bits per heavy atom. The molecule has 4 rings (SSSR count). The van der Waals surface area contributed by atoms with Crippen LogP contribution in [0.4, 0.5) is 0 Å². The molecule has 3 aromatic rings. The first-order chi connectivity index (χ1) is 14.7. The van der Waals surface area contributed by atoms with E-state index in [4.69, 9.17) is 10.5 Å². The lowest BCUT2D eigenvalue weighted by atomic mass is 10.1. The third-order valence-electron chi connectivity index (χ3n) is 5.17. The van der Waals surface area contributed by atoms with Crippen molar-refractivity contribution in [3.8, 4) is 0 Å². The second-order valence-electron chi connectivity index (χ2n) is 7.30. The molecule has 0 saturated carbocycles. The molecule has 2 heterocycles. The normalized spacial score (nSPS) is 18.1. The summed E-state index contributed by atoms with van der Waals surface area (Å²) in [6.07, 6.45) is 1.66. The summed E-state index contributed by atoms with van der Waals surface area (Å²) >= 11 is 1.55. The van der Waals surface area contributed by atoms with Crippen LogP contribution in [0.2, 0.25) is 0 Å². The summed E-state index contributed by atoms with van der Waals surface area (Å²) < 4.78 is 6.23. The predicted molar refractivity (Wildman–Crippen MR) is 119 cm³/mol. The molecule has 6 heteroatoms. The van der Waals surface area contributed by atoms with Gasteiger partial charge in [0.25, 0.3) is 5.91 Å². The van der Waals surface area contributed by atoms with Crippen LogP contribution in [-0.4, -0.2) is 41.6 Å². The van der Waals surface area contributed by atoms with Crippen molar-refractivity contribution < 1.29 is 9.53 Å². The Bertz CT molecular complexity index is 968. The number of rotatable bonds is 7. The Kier molecular flexibility index (Phi) is 6.79. The lowest BCUT2D eigenvalue weighted by Crippen LogP contribution is -2.44. The van der Waals surface area contributed by atoms with Gasteiger partial charge in [-0.25, -0.2) is 4.98 Å². The SMILES string of the molecule is NC(=O)c1cccnc1S[C@@H](c1ccccc1)[C@@H]1CN(Cc2ccccc2)CCO1. The van der Waals surface area contributed by atoms with Crippen LogP contribution in [0.25, 0.3) is 0 Å². The number of amides is 1. The molecule has 1 fully saturated rings.